The molecular weight excluding hydrogens is 300 g/mol. The van der Waals surface area contributed by atoms with Crippen LogP contribution >= 0.6 is 47.8 Å². The van der Waals surface area contributed by atoms with Crippen LogP contribution < -0.4 is 0 Å². The number of rotatable bonds is 1. The molecule has 0 heterocycles. The lowest BCUT2D eigenvalue weighted by Gasteiger charge is -2.03. The van der Waals surface area contributed by atoms with E-state index in [9.17, 15) is 0 Å². The summed E-state index contributed by atoms with van der Waals surface area (Å²) in [5.74, 6) is 0. The quantitative estimate of drug-likeness (QED) is 0.651. The maximum Gasteiger partial charge on any atom is 0.0972 e. The number of halogens is 3. The Morgan fingerprint density at radius 1 is 1.38 bits per heavy atom. The van der Waals surface area contributed by atoms with E-state index in [1.54, 1.807) is 0 Å². The molecule has 1 atom stereocenters. The largest absolute Gasteiger partial charge is 0.0972 e. The maximum absolute atomic E-state index is 3.62. The Hall–Kier alpha value is 1.44. The zero-order valence-electron chi connectivity index (χ0n) is 4.55. The number of hydrogen-bond acceptors (Lipinski definition) is 0. The van der Waals surface area contributed by atoms with Gasteiger partial charge in [-0.1, -0.05) is 54.7 Å². The molecule has 48 valence electrons. The van der Waals surface area contributed by atoms with Gasteiger partial charge in [0.2, 0.25) is 0 Å². The molecule has 1 fully saturated rings. The molecule has 0 bridgehead atoms. The van der Waals surface area contributed by atoms with Gasteiger partial charge in [0.05, 0.1) is 7.56 Å². The van der Waals surface area contributed by atoms with E-state index < -0.39 is 0 Å². The molecule has 0 aromatic rings. The van der Waals surface area contributed by atoms with Gasteiger partial charge in [-0.25, -0.2) is 0 Å². The fraction of sp³-hybridized carbons (Fsp3) is 1.00. The van der Waals surface area contributed by atoms with Gasteiger partial charge in [0, 0.05) is 0 Å². The minimum absolute atomic E-state index is 0.196. The van der Waals surface area contributed by atoms with Crippen LogP contribution in [0.2, 0.25) is 0 Å². The van der Waals surface area contributed by atoms with Gasteiger partial charge >= 0.3 is 0 Å². The molecule has 0 aromatic heterocycles. The minimum Gasteiger partial charge on any atom is -0.0828 e. The highest BCUT2D eigenvalue weighted by Gasteiger charge is 2.62. The lowest BCUT2D eigenvalue weighted by atomic mass is 10.3. The van der Waals surface area contributed by atoms with Gasteiger partial charge in [0.15, 0.2) is 0 Å². The Bertz CT molecular complexity index is 110. The summed E-state index contributed by atoms with van der Waals surface area (Å²) in [7, 11) is 0. The first-order valence-corrected chi connectivity index (χ1v) is 4.96. The standard InChI is InChI=1S/C5H7Br3/c1-2-4(6)3-5(4,7)8/h2-3H2,1H3. The minimum atomic E-state index is 0.196. The van der Waals surface area contributed by atoms with Crippen molar-refractivity contribution in [1.29, 1.82) is 0 Å². The first kappa shape index (κ1) is 7.55. The van der Waals surface area contributed by atoms with E-state index in [4.69, 9.17) is 0 Å². The molecular formula is C5H7Br3. The molecule has 0 nitrogen and oxygen atoms in total. The Kier molecular flexibility index (Phi) is 1.85. The Labute approximate surface area is 74.8 Å². The third-order valence-electron chi connectivity index (χ3n) is 1.59. The first-order chi connectivity index (χ1) is 3.52. The van der Waals surface area contributed by atoms with Crippen molar-refractivity contribution in [2.45, 2.75) is 27.3 Å². The van der Waals surface area contributed by atoms with E-state index >= 15 is 0 Å². The van der Waals surface area contributed by atoms with Crippen LogP contribution in [-0.4, -0.2) is 7.56 Å². The molecule has 0 aromatic carbocycles. The summed E-state index contributed by atoms with van der Waals surface area (Å²) in [5, 5.41) is 0. The highest BCUT2D eigenvalue weighted by molar-refractivity contribution is 9.26. The molecule has 0 aliphatic heterocycles. The molecule has 1 saturated carbocycles. The predicted octanol–water partition coefficient (Wildman–Crippen LogP) is 3.42. The normalized spacial score (nSPS) is 42.0. The fourth-order valence-electron chi connectivity index (χ4n) is 0.691. The second kappa shape index (κ2) is 1.96. The second-order valence-corrected chi connectivity index (χ2v) is 7.49. The average molecular weight is 307 g/mol. The van der Waals surface area contributed by atoms with Gasteiger partial charge in [-0.15, -0.1) is 0 Å². The summed E-state index contributed by atoms with van der Waals surface area (Å²) in [6, 6.07) is 0. The smallest absolute Gasteiger partial charge is 0.0828 e. The molecule has 0 radical (unpaired) electrons. The van der Waals surface area contributed by atoms with Crippen molar-refractivity contribution in [2.24, 2.45) is 0 Å². The van der Waals surface area contributed by atoms with E-state index in [1.165, 1.54) is 12.8 Å². The van der Waals surface area contributed by atoms with Crippen molar-refractivity contribution in [1.82, 2.24) is 0 Å². The molecule has 1 unspecified atom stereocenters. The summed E-state index contributed by atoms with van der Waals surface area (Å²) >= 11 is 10.7. The van der Waals surface area contributed by atoms with Gasteiger partial charge in [0.1, 0.15) is 0 Å². The van der Waals surface area contributed by atoms with E-state index in [-0.39, 0.29) is 3.23 Å². The van der Waals surface area contributed by atoms with Gasteiger partial charge in [-0.3, -0.25) is 0 Å². The summed E-state index contributed by atoms with van der Waals surface area (Å²) in [4.78, 5) is 0. The molecule has 3 heteroatoms. The number of hydrogen-bond donors (Lipinski definition) is 0. The maximum atomic E-state index is 3.62. The zero-order valence-corrected chi connectivity index (χ0v) is 9.31. The van der Waals surface area contributed by atoms with E-state index in [0.29, 0.717) is 4.32 Å². The van der Waals surface area contributed by atoms with Crippen molar-refractivity contribution in [3.8, 4) is 0 Å². The molecule has 1 aliphatic carbocycles. The molecule has 0 amide bonds. The summed E-state index contributed by atoms with van der Waals surface area (Å²) < 4.78 is 0.530. The molecule has 1 aliphatic rings. The van der Waals surface area contributed by atoms with Crippen molar-refractivity contribution >= 4 is 47.8 Å². The van der Waals surface area contributed by atoms with Crippen molar-refractivity contribution in [3.63, 3.8) is 0 Å². The highest BCUT2D eigenvalue weighted by atomic mass is 79.9. The Morgan fingerprint density at radius 2 is 1.75 bits per heavy atom. The van der Waals surface area contributed by atoms with E-state index in [0.717, 1.165) is 0 Å². The van der Waals surface area contributed by atoms with Crippen LogP contribution in [0.3, 0.4) is 0 Å². The van der Waals surface area contributed by atoms with Crippen LogP contribution in [0, 0.1) is 0 Å². The Morgan fingerprint density at radius 3 is 1.75 bits per heavy atom. The van der Waals surface area contributed by atoms with Gasteiger partial charge < -0.3 is 0 Å². The summed E-state index contributed by atoms with van der Waals surface area (Å²) in [6.45, 7) is 2.18. The second-order valence-electron chi connectivity index (χ2n) is 2.20. The van der Waals surface area contributed by atoms with Crippen LogP contribution in [-0.2, 0) is 0 Å². The molecule has 1 rings (SSSR count). The number of alkyl halides is 3. The third-order valence-corrected chi connectivity index (χ3v) is 6.25. The summed E-state index contributed by atoms with van der Waals surface area (Å²) in [5.41, 5.74) is 0. The van der Waals surface area contributed by atoms with E-state index in [2.05, 4.69) is 54.7 Å². The molecule has 0 spiro atoms. The van der Waals surface area contributed by atoms with Gasteiger partial charge in [-0.05, 0) is 12.8 Å². The van der Waals surface area contributed by atoms with Crippen molar-refractivity contribution < 1.29 is 0 Å². The van der Waals surface area contributed by atoms with Crippen molar-refractivity contribution in [2.75, 3.05) is 0 Å². The monoisotopic (exact) mass is 304 g/mol. The highest BCUT2D eigenvalue weighted by Crippen LogP contribution is 2.66. The molecule has 0 N–H and O–H groups in total. The van der Waals surface area contributed by atoms with Gasteiger partial charge in [-0.2, -0.15) is 0 Å². The van der Waals surface area contributed by atoms with Crippen molar-refractivity contribution in [3.05, 3.63) is 0 Å². The van der Waals surface area contributed by atoms with Gasteiger partial charge in [0.25, 0.3) is 0 Å². The lowest BCUT2D eigenvalue weighted by molar-refractivity contribution is 0.869. The fourth-order valence-corrected chi connectivity index (χ4v) is 3.38. The molecule has 0 saturated heterocycles. The van der Waals surface area contributed by atoms with Crippen LogP contribution in [0.25, 0.3) is 0 Å². The third kappa shape index (κ3) is 1.01. The van der Waals surface area contributed by atoms with Crippen LogP contribution in [0.1, 0.15) is 19.8 Å². The predicted molar refractivity (Wildman–Crippen MR) is 47.2 cm³/mol. The Balaban J connectivity index is 2.55. The van der Waals surface area contributed by atoms with Crippen LogP contribution in [0.5, 0.6) is 0 Å². The first-order valence-electron chi connectivity index (χ1n) is 2.58. The SMILES string of the molecule is CCC1(Br)CC1(Br)Br. The lowest BCUT2D eigenvalue weighted by Crippen LogP contribution is -2.03. The van der Waals surface area contributed by atoms with E-state index in [1.807, 2.05) is 0 Å². The molecule has 8 heavy (non-hydrogen) atoms. The van der Waals surface area contributed by atoms with Crippen LogP contribution in [0.4, 0.5) is 0 Å². The topological polar surface area (TPSA) is 0 Å². The zero-order chi connectivity index (χ0) is 6.41. The average Bonchev–Trinajstić information content (AvgIpc) is 2.10. The summed E-state index contributed by atoms with van der Waals surface area (Å²) in [6.07, 6.45) is 2.35. The van der Waals surface area contributed by atoms with Crippen LogP contribution in [0.15, 0.2) is 0 Å².